The van der Waals surface area contributed by atoms with Crippen LogP contribution in [0.5, 0.6) is 0 Å². The second-order valence-corrected chi connectivity index (χ2v) is 7.88. The fourth-order valence-electron chi connectivity index (χ4n) is 1.76. The zero-order valence-corrected chi connectivity index (χ0v) is 17.0. The molecule has 2 amide bonds. The molecule has 0 aliphatic heterocycles. The lowest BCUT2D eigenvalue weighted by Crippen LogP contribution is -2.42. The lowest BCUT2D eigenvalue weighted by molar-refractivity contribution is -0.142. The third kappa shape index (κ3) is 6.77. The van der Waals surface area contributed by atoms with Gasteiger partial charge in [0.15, 0.2) is 4.34 Å². The first kappa shape index (κ1) is 20.4. The molecule has 0 bridgehead atoms. The minimum absolute atomic E-state index is 0.0903. The van der Waals surface area contributed by atoms with Crippen molar-refractivity contribution in [1.29, 1.82) is 0 Å². The highest BCUT2D eigenvalue weighted by Gasteiger charge is 2.11. The van der Waals surface area contributed by atoms with Crippen molar-refractivity contribution in [2.45, 2.75) is 17.7 Å². The SMILES string of the molecule is CCOC(=O)Cc1csc(SCC(=O)NNC(=O)c2ccc(Br)cc2)n1. The van der Waals surface area contributed by atoms with Crippen molar-refractivity contribution in [2.75, 3.05) is 12.4 Å². The average molecular weight is 458 g/mol. The number of rotatable bonds is 7. The van der Waals surface area contributed by atoms with E-state index in [2.05, 4.69) is 31.8 Å². The third-order valence-electron chi connectivity index (χ3n) is 2.91. The van der Waals surface area contributed by atoms with Gasteiger partial charge in [0.25, 0.3) is 5.91 Å². The molecular weight excluding hydrogens is 442 g/mol. The van der Waals surface area contributed by atoms with Gasteiger partial charge in [-0.1, -0.05) is 27.7 Å². The average Bonchev–Trinajstić information content (AvgIpc) is 3.06. The fourth-order valence-corrected chi connectivity index (χ4v) is 3.67. The van der Waals surface area contributed by atoms with Crippen LogP contribution in [0.3, 0.4) is 0 Å². The van der Waals surface area contributed by atoms with E-state index in [0.717, 1.165) is 4.47 Å². The van der Waals surface area contributed by atoms with Crippen molar-refractivity contribution in [3.05, 3.63) is 45.4 Å². The maximum Gasteiger partial charge on any atom is 0.311 e. The standard InChI is InChI=1S/C16H16BrN3O4S2/c1-2-24-14(22)7-12-8-25-16(18-12)26-9-13(21)19-20-15(23)10-3-5-11(17)6-4-10/h3-6,8H,2,7,9H2,1H3,(H,19,21)(H,20,23). The Bertz CT molecular complexity index is 780. The molecule has 0 unspecified atom stereocenters. The molecule has 1 aromatic carbocycles. The Hall–Kier alpha value is -1.91. The highest BCUT2D eigenvalue weighted by molar-refractivity contribution is 9.10. The van der Waals surface area contributed by atoms with Gasteiger partial charge in [0, 0.05) is 15.4 Å². The van der Waals surface area contributed by atoms with Crippen molar-refractivity contribution in [3.63, 3.8) is 0 Å². The fraction of sp³-hybridized carbons (Fsp3) is 0.250. The third-order valence-corrected chi connectivity index (χ3v) is 5.51. The van der Waals surface area contributed by atoms with E-state index < -0.39 is 5.91 Å². The molecule has 1 heterocycles. The van der Waals surface area contributed by atoms with E-state index in [4.69, 9.17) is 4.74 Å². The maximum absolute atomic E-state index is 11.9. The van der Waals surface area contributed by atoms with Crippen LogP contribution in [-0.2, 0) is 20.7 Å². The molecule has 0 saturated heterocycles. The van der Waals surface area contributed by atoms with Gasteiger partial charge in [0.2, 0.25) is 5.91 Å². The molecule has 0 fully saturated rings. The Morgan fingerprint density at radius 1 is 1.23 bits per heavy atom. The second-order valence-electron chi connectivity index (χ2n) is 4.88. The molecule has 2 N–H and O–H groups in total. The van der Waals surface area contributed by atoms with Crippen molar-refractivity contribution < 1.29 is 19.1 Å². The molecule has 0 spiro atoms. The van der Waals surface area contributed by atoms with E-state index in [0.29, 0.717) is 22.2 Å². The Labute approximate surface area is 167 Å². The predicted molar refractivity (Wildman–Crippen MR) is 103 cm³/mol. The lowest BCUT2D eigenvalue weighted by atomic mass is 10.2. The van der Waals surface area contributed by atoms with Crippen LogP contribution >= 0.6 is 39.0 Å². The number of benzene rings is 1. The van der Waals surface area contributed by atoms with Gasteiger partial charge in [0.1, 0.15) is 0 Å². The van der Waals surface area contributed by atoms with Crippen molar-refractivity contribution >= 4 is 56.8 Å². The number of ether oxygens (including phenoxy) is 1. The van der Waals surface area contributed by atoms with Crippen molar-refractivity contribution in [3.8, 4) is 0 Å². The summed E-state index contributed by atoms with van der Waals surface area (Å²) in [5.74, 6) is -1.00. The Balaban J connectivity index is 1.73. The van der Waals surface area contributed by atoms with Gasteiger partial charge in [-0.3, -0.25) is 25.2 Å². The topological polar surface area (TPSA) is 97.4 Å². The molecule has 138 valence electrons. The molecule has 2 rings (SSSR count). The molecule has 0 atom stereocenters. The lowest BCUT2D eigenvalue weighted by Gasteiger charge is -2.06. The summed E-state index contributed by atoms with van der Waals surface area (Å²) in [6.45, 7) is 2.07. The van der Waals surface area contributed by atoms with Crippen LogP contribution in [-0.4, -0.2) is 35.1 Å². The maximum atomic E-state index is 11.9. The van der Waals surface area contributed by atoms with E-state index in [-0.39, 0.29) is 24.1 Å². The van der Waals surface area contributed by atoms with E-state index in [1.165, 1.54) is 23.1 Å². The number of thiazole rings is 1. The highest BCUT2D eigenvalue weighted by atomic mass is 79.9. The normalized spacial score (nSPS) is 10.2. The highest BCUT2D eigenvalue weighted by Crippen LogP contribution is 2.22. The molecule has 0 aliphatic carbocycles. The Kier molecular flexibility index (Phi) is 8.07. The van der Waals surface area contributed by atoms with Crippen LogP contribution in [0.25, 0.3) is 0 Å². The first-order valence-electron chi connectivity index (χ1n) is 7.55. The van der Waals surface area contributed by atoms with Crippen molar-refractivity contribution in [1.82, 2.24) is 15.8 Å². The molecule has 26 heavy (non-hydrogen) atoms. The second kappa shape index (κ2) is 10.3. The van der Waals surface area contributed by atoms with Crippen LogP contribution in [0, 0.1) is 0 Å². The van der Waals surface area contributed by atoms with Gasteiger partial charge < -0.3 is 4.74 Å². The zero-order chi connectivity index (χ0) is 18.9. The Morgan fingerprint density at radius 3 is 2.65 bits per heavy atom. The molecule has 0 aliphatic rings. The summed E-state index contributed by atoms with van der Waals surface area (Å²) >= 11 is 5.86. The molecule has 10 heteroatoms. The van der Waals surface area contributed by atoms with Crippen LogP contribution < -0.4 is 10.9 Å². The molecule has 0 saturated carbocycles. The smallest absolute Gasteiger partial charge is 0.311 e. The van der Waals surface area contributed by atoms with E-state index in [9.17, 15) is 14.4 Å². The molecule has 1 aromatic heterocycles. The van der Waals surface area contributed by atoms with Gasteiger partial charge in [0.05, 0.1) is 24.5 Å². The number of amides is 2. The number of carbonyl (C=O) groups is 3. The van der Waals surface area contributed by atoms with Gasteiger partial charge in [-0.05, 0) is 31.2 Å². The van der Waals surface area contributed by atoms with Crippen molar-refractivity contribution in [2.24, 2.45) is 0 Å². The minimum Gasteiger partial charge on any atom is -0.466 e. The van der Waals surface area contributed by atoms with Crippen LogP contribution in [0.4, 0.5) is 0 Å². The molecule has 7 nitrogen and oxygen atoms in total. The monoisotopic (exact) mass is 457 g/mol. The zero-order valence-electron chi connectivity index (χ0n) is 13.8. The summed E-state index contributed by atoms with van der Waals surface area (Å²) in [5, 5.41) is 1.76. The number of carbonyl (C=O) groups excluding carboxylic acids is 3. The van der Waals surface area contributed by atoms with Crippen LogP contribution in [0.1, 0.15) is 23.0 Å². The first-order chi connectivity index (χ1) is 12.5. The summed E-state index contributed by atoms with van der Waals surface area (Å²) < 4.78 is 6.39. The summed E-state index contributed by atoms with van der Waals surface area (Å²) in [6.07, 6.45) is 0.111. The summed E-state index contributed by atoms with van der Waals surface area (Å²) in [4.78, 5) is 39.4. The summed E-state index contributed by atoms with van der Waals surface area (Å²) in [5.41, 5.74) is 5.75. The number of esters is 1. The largest absolute Gasteiger partial charge is 0.466 e. The molecular formula is C16H16BrN3O4S2. The number of aromatic nitrogens is 1. The van der Waals surface area contributed by atoms with E-state index in [1.807, 2.05) is 0 Å². The number of halogens is 1. The van der Waals surface area contributed by atoms with Gasteiger partial charge in [-0.2, -0.15) is 0 Å². The van der Waals surface area contributed by atoms with E-state index in [1.54, 1.807) is 36.6 Å². The predicted octanol–water partition coefficient (Wildman–Crippen LogP) is 2.56. The van der Waals surface area contributed by atoms with E-state index >= 15 is 0 Å². The van der Waals surface area contributed by atoms with Gasteiger partial charge in [-0.25, -0.2) is 4.98 Å². The number of hydrogen-bond acceptors (Lipinski definition) is 7. The first-order valence-corrected chi connectivity index (χ1v) is 10.2. The number of nitrogens with zero attached hydrogens (tertiary/aromatic N) is 1. The number of hydrogen-bond donors (Lipinski definition) is 2. The summed E-state index contributed by atoms with van der Waals surface area (Å²) in [7, 11) is 0. The minimum atomic E-state index is -0.401. The summed E-state index contributed by atoms with van der Waals surface area (Å²) in [6, 6.07) is 6.76. The van der Waals surface area contributed by atoms with Crippen LogP contribution in [0.2, 0.25) is 0 Å². The van der Waals surface area contributed by atoms with Crippen LogP contribution in [0.15, 0.2) is 38.5 Å². The molecule has 0 radical (unpaired) electrons. The number of nitrogens with one attached hydrogen (secondary N) is 2. The number of hydrazine groups is 1. The quantitative estimate of drug-likeness (QED) is 0.376. The molecule has 2 aromatic rings. The number of thioether (sulfide) groups is 1. The van der Waals surface area contributed by atoms with Gasteiger partial charge in [-0.15, -0.1) is 11.3 Å². The Morgan fingerprint density at radius 2 is 1.96 bits per heavy atom. The van der Waals surface area contributed by atoms with Gasteiger partial charge >= 0.3 is 5.97 Å².